The zero-order valence-corrected chi connectivity index (χ0v) is 7.56. The van der Waals surface area contributed by atoms with Crippen molar-refractivity contribution in [2.75, 3.05) is 26.2 Å². The number of allylic oxidation sites excluding steroid dienone is 3. The number of nitrogens with zero attached hydrogens (tertiary/aromatic N) is 3. The third-order valence-electron chi connectivity index (χ3n) is 2.10. The van der Waals surface area contributed by atoms with Crippen molar-refractivity contribution in [1.29, 1.82) is 0 Å². The Balaban J connectivity index is 1.98. The number of hydrazine groups is 1. The first-order valence-corrected chi connectivity index (χ1v) is 4.59. The van der Waals surface area contributed by atoms with Crippen LogP contribution < -0.4 is 5.32 Å². The van der Waals surface area contributed by atoms with Gasteiger partial charge < -0.3 is 5.32 Å². The molecule has 4 nitrogen and oxygen atoms in total. The molecule has 0 saturated carbocycles. The maximum absolute atomic E-state index is 4.28. The van der Waals surface area contributed by atoms with E-state index in [1.807, 2.05) is 35.8 Å². The second-order valence-corrected chi connectivity index (χ2v) is 3.02. The number of hydrogen-bond donors (Lipinski definition) is 1. The first-order chi connectivity index (χ1) is 6.47. The molecule has 4 heteroatoms. The van der Waals surface area contributed by atoms with Gasteiger partial charge >= 0.3 is 0 Å². The van der Waals surface area contributed by atoms with Crippen LogP contribution in [0.25, 0.3) is 0 Å². The molecule has 0 unspecified atom stereocenters. The molecule has 1 saturated heterocycles. The smallest absolute Gasteiger partial charge is 0.0490 e. The fourth-order valence-corrected chi connectivity index (χ4v) is 1.41. The lowest BCUT2D eigenvalue weighted by Crippen LogP contribution is -2.48. The second-order valence-electron chi connectivity index (χ2n) is 3.02. The summed E-state index contributed by atoms with van der Waals surface area (Å²) in [7, 11) is 0. The summed E-state index contributed by atoms with van der Waals surface area (Å²) >= 11 is 0. The van der Waals surface area contributed by atoms with Crippen LogP contribution in [0.1, 0.15) is 0 Å². The van der Waals surface area contributed by atoms with Crippen LogP contribution in [0.4, 0.5) is 0 Å². The van der Waals surface area contributed by atoms with Crippen LogP contribution in [0, 0.1) is 0 Å². The van der Waals surface area contributed by atoms with Crippen molar-refractivity contribution in [1.82, 2.24) is 15.4 Å². The summed E-state index contributed by atoms with van der Waals surface area (Å²) in [6, 6.07) is 0. The van der Waals surface area contributed by atoms with Gasteiger partial charge in [-0.1, -0.05) is 6.08 Å². The Morgan fingerprint density at radius 2 is 1.92 bits per heavy atom. The number of rotatable bonds is 1. The summed E-state index contributed by atoms with van der Waals surface area (Å²) in [5.41, 5.74) is 0. The fourth-order valence-electron chi connectivity index (χ4n) is 1.41. The van der Waals surface area contributed by atoms with E-state index in [0.29, 0.717) is 0 Å². The third-order valence-corrected chi connectivity index (χ3v) is 2.10. The first kappa shape index (κ1) is 8.47. The van der Waals surface area contributed by atoms with Gasteiger partial charge in [0.15, 0.2) is 0 Å². The number of hydrogen-bond acceptors (Lipinski definition) is 4. The molecule has 70 valence electrons. The molecule has 0 aliphatic carbocycles. The lowest BCUT2D eigenvalue weighted by Gasteiger charge is -2.32. The largest absolute Gasteiger partial charge is 0.314 e. The van der Waals surface area contributed by atoms with E-state index >= 15 is 0 Å². The van der Waals surface area contributed by atoms with E-state index in [1.165, 1.54) is 0 Å². The highest BCUT2D eigenvalue weighted by molar-refractivity contribution is 5.71. The molecule has 0 aromatic rings. The van der Waals surface area contributed by atoms with E-state index in [2.05, 4.69) is 15.4 Å². The highest BCUT2D eigenvalue weighted by atomic mass is 15.8. The van der Waals surface area contributed by atoms with Gasteiger partial charge in [-0.05, 0) is 12.2 Å². The summed E-state index contributed by atoms with van der Waals surface area (Å²) in [6.07, 6.45) is 9.69. The molecule has 2 rings (SSSR count). The van der Waals surface area contributed by atoms with Gasteiger partial charge in [0.1, 0.15) is 0 Å². The van der Waals surface area contributed by atoms with E-state index in [0.717, 1.165) is 26.2 Å². The molecule has 0 radical (unpaired) electrons. The quantitative estimate of drug-likeness (QED) is 0.621. The minimum Gasteiger partial charge on any atom is -0.314 e. The monoisotopic (exact) mass is 178 g/mol. The molecule has 0 aromatic heterocycles. The van der Waals surface area contributed by atoms with Crippen LogP contribution in [0.5, 0.6) is 0 Å². The summed E-state index contributed by atoms with van der Waals surface area (Å²) in [5.74, 6) is 0. The molecule has 0 spiro atoms. The van der Waals surface area contributed by atoms with E-state index in [9.17, 15) is 0 Å². The average molecular weight is 178 g/mol. The molecule has 2 aliphatic rings. The molecule has 1 fully saturated rings. The van der Waals surface area contributed by atoms with Crippen molar-refractivity contribution in [2.45, 2.75) is 0 Å². The van der Waals surface area contributed by atoms with Gasteiger partial charge in [0.2, 0.25) is 0 Å². The molecule has 1 N–H and O–H groups in total. The van der Waals surface area contributed by atoms with Gasteiger partial charge in [0.25, 0.3) is 0 Å². The zero-order valence-electron chi connectivity index (χ0n) is 7.56. The molecule has 0 bridgehead atoms. The van der Waals surface area contributed by atoms with Crippen molar-refractivity contribution in [2.24, 2.45) is 5.10 Å². The first-order valence-electron chi connectivity index (χ1n) is 4.59. The van der Waals surface area contributed by atoms with Crippen LogP contribution in [0.15, 0.2) is 29.5 Å². The van der Waals surface area contributed by atoms with Crippen molar-refractivity contribution in [3.8, 4) is 0 Å². The fraction of sp³-hybridized carbons (Fsp3) is 0.444. The Labute approximate surface area is 78.2 Å². The topological polar surface area (TPSA) is 30.9 Å². The summed E-state index contributed by atoms with van der Waals surface area (Å²) in [6.45, 7) is 4.10. The van der Waals surface area contributed by atoms with Gasteiger partial charge in [-0.25, -0.2) is 5.12 Å². The van der Waals surface area contributed by atoms with Crippen LogP contribution >= 0.6 is 0 Å². The van der Waals surface area contributed by atoms with Gasteiger partial charge in [-0.2, -0.15) is 10.1 Å². The van der Waals surface area contributed by atoms with Crippen LogP contribution in [0.3, 0.4) is 0 Å². The van der Waals surface area contributed by atoms with E-state index < -0.39 is 0 Å². The summed E-state index contributed by atoms with van der Waals surface area (Å²) in [5, 5.41) is 11.7. The highest BCUT2D eigenvalue weighted by Crippen LogP contribution is 2.03. The minimum absolute atomic E-state index is 1.02. The zero-order chi connectivity index (χ0) is 8.93. The summed E-state index contributed by atoms with van der Waals surface area (Å²) < 4.78 is 0. The van der Waals surface area contributed by atoms with Crippen LogP contribution in [-0.4, -0.2) is 42.5 Å². The van der Waals surface area contributed by atoms with Crippen LogP contribution in [0.2, 0.25) is 0 Å². The predicted octanol–water partition coefficient (Wildman–Crippen LogP) is 0.178. The summed E-state index contributed by atoms with van der Waals surface area (Å²) in [4.78, 5) is 0. The standard InChI is InChI=1S/C9H14N4/c1-2-4-11-13(7-3-1)12-8-5-10-6-9-12/h1-4,7,10H,5-6,8-9H2. The van der Waals surface area contributed by atoms with Gasteiger partial charge in [-0.3, -0.25) is 0 Å². The minimum atomic E-state index is 1.02. The van der Waals surface area contributed by atoms with Crippen LogP contribution in [-0.2, 0) is 0 Å². The molecule has 2 heterocycles. The maximum Gasteiger partial charge on any atom is 0.0490 e. The third kappa shape index (κ3) is 2.17. The molecule has 0 aromatic carbocycles. The molecular weight excluding hydrogens is 164 g/mol. The number of nitrogens with one attached hydrogen (secondary N) is 1. The normalized spacial score (nSPS) is 23.5. The predicted molar refractivity (Wildman–Crippen MR) is 53.1 cm³/mol. The van der Waals surface area contributed by atoms with E-state index in [4.69, 9.17) is 0 Å². The Morgan fingerprint density at radius 3 is 2.77 bits per heavy atom. The van der Waals surface area contributed by atoms with E-state index in [-0.39, 0.29) is 0 Å². The average Bonchev–Trinajstić information content (AvgIpc) is 2.47. The van der Waals surface area contributed by atoms with Crippen molar-refractivity contribution in [3.05, 3.63) is 24.4 Å². The Hall–Kier alpha value is -1.13. The number of hydrazone groups is 1. The Morgan fingerprint density at radius 1 is 1.08 bits per heavy atom. The van der Waals surface area contributed by atoms with Crippen molar-refractivity contribution in [3.63, 3.8) is 0 Å². The van der Waals surface area contributed by atoms with Gasteiger partial charge in [0, 0.05) is 38.6 Å². The van der Waals surface area contributed by atoms with Gasteiger partial charge in [0.05, 0.1) is 0 Å². The lowest BCUT2D eigenvalue weighted by molar-refractivity contribution is 0.0135. The molecule has 2 aliphatic heterocycles. The lowest BCUT2D eigenvalue weighted by atomic mass is 10.4. The van der Waals surface area contributed by atoms with Gasteiger partial charge in [-0.15, -0.1) is 0 Å². The highest BCUT2D eigenvalue weighted by Gasteiger charge is 2.13. The molecule has 13 heavy (non-hydrogen) atoms. The second kappa shape index (κ2) is 4.20. The molecule has 0 atom stereocenters. The maximum atomic E-state index is 4.28. The number of piperazine rings is 1. The molecular formula is C9H14N4. The van der Waals surface area contributed by atoms with E-state index in [1.54, 1.807) is 0 Å². The SMILES string of the molecule is C1=CC=NN(N2CCNCC2)C=C1. The Kier molecular flexibility index (Phi) is 2.74. The molecule has 0 amide bonds. The Bertz CT molecular complexity index is 222. The van der Waals surface area contributed by atoms with Crippen molar-refractivity contribution < 1.29 is 0 Å². The van der Waals surface area contributed by atoms with Crippen molar-refractivity contribution >= 4 is 6.21 Å².